The highest BCUT2D eigenvalue weighted by molar-refractivity contribution is 5.79. The standard InChI is InChI=1S/C18H27N5O/c1-13-14(2)24-17(22-13)12-21-18(19-3)20-11-10-15-6-8-16(9-7-15)23(4)5/h6-9H,10-12H2,1-5H3,(H2,19,20,21). The lowest BCUT2D eigenvalue weighted by Crippen LogP contribution is -2.37. The number of aryl methyl sites for hydroxylation is 2. The van der Waals surface area contributed by atoms with Crippen molar-refractivity contribution in [3.8, 4) is 0 Å². The minimum Gasteiger partial charge on any atom is -0.444 e. The predicted molar refractivity (Wildman–Crippen MR) is 98.7 cm³/mol. The van der Waals surface area contributed by atoms with Crippen LogP contribution in [-0.2, 0) is 13.0 Å². The maximum atomic E-state index is 5.55. The topological polar surface area (TPSA) is 65.7 Å². The molecule has 0 aliphatic rings. The molecule has 130 valence electrons. The molecule has 24 heavy (non-hydrogen) atoms. The van der Waals surface area contributed by atoms with Crippen molar-refractivity contribution in [1.29, 1.82) is 0 Å². The van der Waals surface area contributed by atoms with Gasteiger partial charge in [-0.1, -0.05) is 12.1 Å². The van der Waals surface area contributed by atoms with Gasteiger partial charge in [-0.05, 0) is 38.0 Å². The van der Waals surface area contributed by atoms with Gasteiger partial charge in [-0.25, -0.2) is 4.98 Å². The van der Waals surface area contributed by atoms with Crippen molar-refractivity contribution in [2.45, 2.75) is 26.8 Å². The van der Waals surface area contributed by atoms with Crippen molar-refractivity contribution in [3.63, 3.8) is 0 Å². The van der Waals surface area contributed by atoms with Crippen molar-refractivity contribution in [1.82, 2.24) is 15.6 Å². The summed E-state index contributed by atoms with van der Waals surface area (Å²) in [6.07, 6.45) is 0.936. The lowest BCUT2D eigenvalue weighted by Gasteiger charge is -2.13. The lowest BCUT2D eigenvalue weighted by molar-refractivity contribution is 0.464. The second kappa shape index (κ2) is 8.38. The molecule has 0 unspecified atom stereocenters. The van der Waals surface area contributed by atoms with Crippen molar-refractivity contribution >= 4 is 11.6 Å². The molecule has 0 saturated carbocycles. The molecule has 0 saturated heterocycles. The number of aromatic nitrogens is 1. The van der Waals surface area contributed by atoms with Crippen molar-refractivity contribution in [3.05, 3.63) is 47.2 Å². The van der Waals surface area contributed by atoms with Crippen molar-refractivity contribution in [2.75, 3.05) is 32.6 Å². The fourth-order valence-electron chi connectivity index (χ4n) is 2.28. The Labute approximate surface area is 144 Å². The van der Waals surface area contributed by atoms with Crippen LogP contribution in [0.25, 0.3) is 0 Å². The monoisotopic (exact) mass is 329 g/mol. The van der Waals surface area contributed by atoms with E-state index < -0.39 is 0 Å². The van der Waals surface area contributed by atoms with Crippen molar-refractivity contribution in [2.24, 2.45) is 4.99 Å². The summed E-state index contributed by atoms with van der Waals surface area (Å²) in [5.41, 5.74) is 3.43. The molecule has 1 heterocycles. The third-order valence-electron chi connectivity index (χ3n) is 3.86. The minimum absolute atomic E-state index is 0.520. The number of hydrogen-bond donors (Lipinski definition) is 2. The summed E-state index contributed by atoms with van der Waals surface area (Å²) in [5.74, 6) is 2.27. The van der Waals surface area contributed by atoms with E-state index in [-0.39, 0.29) is 0 Å². The molecule has 0 amide bonds. The Balaban J connectivity index is 1.77. The summed E-state index contributed by atoms with van der Waals surface area (Å²) in [6.45, 7) is 5.19. The van der Waals surface area contributed by atoms with Crippen molar-refractivity contribution < 1.29 is 4.42 Å². The van der Waals surface area contributed by atoms with Crippen LogP contribution >= 0.6 is 0 Å². The van der Waals surface area contributed by atoms with Gasteiger partial charge in [0.25, 0.3) is 0 Å². The number of nitrogens with zero attached hydrogens (tertiary/aromatic N) is 3. The van der Waals surface area contributed by atoms with Crippen LogP contribution in [0.1, 0.15) is 22.9 Å². The van der Waals surface area contributed by atoms with E-state index in [1.54, 1.807) is 7.05 Å². The SMILES string of the molecule is CN=C(NCCc1ccc(N(C)C)cc1)NCc1nc(C)c(C)o1. The van der Waals surface area contributed by atoms with E-state index >= 15 is 0 Å². The number of aliphatic imine (C=N–C) groups is 1. The Morgan fingerprint density at radius 1 is 1.17 bits per heavy atom. The van der Waals surface area contributed by atoms with E-state index in [9.17, 15) is 0 Å². The van der Waals surface area contributed by atoms with Gasteiger partial charge in [0, 0.05) is 33.4 Å². The van der Waals surface area contributed by atoms with Gasteiger partial charge in [0.15, 0.2) is 5.96 Å². The highest BCUT2D eigenvalue weighted by atomic mass is 16.4. The third kappa shape index (κ3) is 5.01. The number of oxazole rings is 1. The maximum absolute atomic E-state index is 5.55. The van der Waals surface area contributed by atoms with Gasteiger partial charge < -0.3 is 20.0 Å². The molecule has 0 atom stereocenters. The molecule has 0 spiro atoms. The molecule has 0 aliphatic carbocycles. The summed E-state index contributed by atoms with van der Waals surface area (Å²) >= 11 is 0. The minimum atomic E-state index is 0.520. The molecular formula is C18H27N5O. The van der Waals surface area contributed by atoms with Crippen LogP contribution in [-0.4, -0.2) is 38.6 Å². The molecule has 0 aliphatic heterocycles. The summed E-state index contributed by atoms with van der Waals surface area (Å²) < 4.78 is 5.55. The molecule has 2 N–H and O–H groups in total. The smallest absolute Gasteiger partial charge is 0.214 e. The molecule has 1 aromatic carbocycles. The maximum Gasteiger partial charge on any atom is 0.214 e. The van der Waals surface area contributed by atoms with E-state index in [0.717, 1.165) is 30.4 Å². The van der Waals surface area contributed by atoms with Crippen LogP contribution in [0.5, 0.6) is 0 Å². The van der Waals surface area contributed by atoms with E-state index in [2.05, 4.69) is 49.8 Å². The predicted octanol–water partition coefficient (Wildman–Crippen LogP) is 2.27. The number of benzene rings is 1. The Morgan fingerprint density at radius 3 is 2.42 bits per heavy atom. The quantitative estimate of drug-likeness (QED) is 0.629. The molecule has 0 radical (unpaired) electrons. The summed E-state index contributed by atoms with van der Waals surface area (Å²) in [6, 6.07) is 8.59. The van der Waals surface area contributed by atoms with Crippen LogP contribution in [0, 0.1) is 13.8 Å². The van der Waals surface area contributed by atoms with Gasteiger partial charge in [-0.3, -0.25) is 4.99 Å². The van der Waals surface area contributed by atoms with E-state index in [4.69, 9.17) is 4.42 Å². The second-order valence-corrected chi connectivity index (χ2v) is 5.91. The Hall–Kier alpha value is -2.50. The Kier molecular flexibility index (Phi) is 6.23. The molecule has 0 bridgehead atoms. The first-order valence-corrected chi connectivity index (χ1v) is 8.13. The van der Waals surface area contributed by atoms with Crippen LogP contribution in [0.4, 0.5) is 5.69 Å². The number of rotatable bonds is 6. The second-order valence-electron chi connectivity index (χ2n) is 5.91. The van der Waals surface area contributed by atoms with Gasteiger partial charge in [0.05, 0.1) is 12.2 Å². The molecule has 0 fully saturated rings. The molecule has 6 heteroatoms. The number of anilines is 1. The van der Waals surface area contributed by atoms with E-state index in [1.807, 2.05) is 27.9 Å². The van der Waals surface area contributed by atoms with Gasteiger partial charge in [-0.15, -0.1) is 0 Å². The van der Waals surface area contributed by atoms with Gasteiger partial charge in [0.1, 0.15) is 5.76 Å². The number of hydrogen-bond acceptors (Lipinski definition) is 4. The summed E-state index contributed by atoms with van der Waals surface area (Å²) in [4.78, 5) is 10.7. The average molecular weight is 329 g/mol. The van der Waals surface area contributed by atoms with Crippen LogP contribution < -0.4 is 15.5 Å². The number of guanidine groups is 1. The Bertz CT molecular complexity index is 654. The summed E-state index contributed by atoms with van der Waals surface area (Å²) in [7, 11) is 5.85. The van der Waals surface area contributed by atoms with Crippen LogP contribution in [0.2, 0.25) is 0 Å². The molecule has 6 nitrogen and oxygen atoms in total. The molecular weight excluding hydrogens is 302 g/mol. The normalized spacial score (nSPS) is 11.5. The third-order valence-corrected chi connectivity index (χ3v) is 3.86. The fourth-order valence-corrected chi connectivity index (χ4v) is 2.28. The molecule has 2 aromatic rings. The fraction of sp³-hybridized carbons (Fsp3) is 0.444. The largest absolute Gasteiger partial charge is 0.444 e. The number of nitrogens with one attached hydrogen (secondary N) is 2. The molecule has 1 aromatic heterocycles. The first kappa shape index (κ1) is 17.8. The van der Waals surface area contributed by atoms with Crippen LogP contribution in [0.3, 0.4) is 0 Å². The van der Waals surface area contributed by atoms with Gasteiger partial charge in [0.2, 0.25) is 5.89 Å². The zero-order valence-electron chi connectivity index (χ0n) is 15.2. The average Bonchev–Trinajstić information content (AvgIpc) is 2.89. The first-order chi connectivity index (χ1) is 11.5. The first-order valence-electron chi connectivity index (χ1n) is 8.13. The van der Waals surface area contributed by atoms with Gasteiger partial charge >= 0.3 is 0 Å². The van der Waals surface area contributed by atoms with E-state index in [1.165, 1.54) is 11.3 Å². The van der Waals surface area contributed by atoms with Crippen LogP contribution in [0.15, 0.2) is 33.7 Å². The summed E-state index contributed by atoms with van der Waals surface area (Å²) in [5, 5.41) is 6.52. The zero-order valence-corrected chi connectivity index (χ0v) is 15.2. The zero-order chi connectivity index (χ0) is 17.5. The lowest BCUT2D eigenvalue weighted by atomic mass is 10.1. The molecule has 2 rings (SSSR count). The highest BCUT2D eigenvalue weighted by Gasteiger charge is 2.06. The van der Waals surface area contributed by atoms with Gasteiger partial charge in [-0.2, -0.15) is 0 Å². The van der Waals surface area contributed by atoms with E-state index in [0.29, 0.717) is 12.4 Å². The Morgan fingerprint density at radius 2 is 1.88 bits per heavy atom. The highest BCUT2D eigenvalue weighted by Crippen LogP contribution is 2.12.